The lowest BCUT2D eigenvalue weighted by Crippen LogP contribution is -2.59. The average Bonchev–Trinajstić information content (AvgIpc) is 3.30. The van der Waals surface area contributed by atoms with Crippen LogP contribution in [0.4, 0.5) is 13.2 Å². The van der Waals surface area contributed by atoms with Gasteiger partial charge in [0.15, 0.2) is 0 Å². The molecule has 0 aromatic heterocycles. The zero-order chi connectivity index (χ0) is 23.2. The SMILES string of the molecule is O=C(Cc1ccccc1)N1CCOC2(CCN(C3CCOC3)CC2)C1.O=C(O)C(F)(F)F. The van der Waals surface area contributed by atoms with Gasteiger partial charge in [0.2, 0.25) is 5.91 Å². The van der Waals surface area contributed by atoms with E-state index in [9.17, 15) is 18.0 Å². The molecular weight excluding hydrogens is 429 g/mol. The summed E-state index contributed by atoms with van der Waals surface area (Å²) in [6.07, 6.45) is -1.42. The van der Waals surface area contributed by atoms with Gasteiger partial charge in [-0.25, -0.2) is 4.79 Å². The highest BCUT2D eigenvalue weighted by Crippen LogP contribution is 2.32. The summed E-state index contributed by atoms with van der Waals surface area (Å²) < 4.78 is 43.5. The lowest BCUT2D eigenvalue weighted by molar-refractivity contribution is -0.192. The number of piperidine rings is 1. The quantitative estimate of drug-likeness (QED) is 0.749. The first-order valence-electron chi connectivity index (χ1n) is 10.8. The van der Waals surface area contributed by atoms with Gasteiger partial charge in [-0.3, -0.25) is 9.69 Å². The Hall–Kier alpha value is -2.17. The largest absolute Gasteiger partial charge is 0.490 e. The monoisotopic (exact) mass is 458 g/mol. The van der Waals surface area contributed by atoms with Crippen LogP contribution in [0.25, 0.3) is 0 Å². The third-order valence-corrected chi connectivity index (χ3v) is 6.17. The van der Waals surface area contributed by atoms with E-state index >= 15 is 0 Å². The molecule has 0 radical (unpaired) electrons. The number of rotatable bonds is 3. The van der Waals surface area contributed by atoms with E-state index in [0.717, 1.165) is 57.7 Å². The average molecular weight is 458 g/mol. The molecular formula is C22H29F3N2O5. The van der Waals surface area contributed by atoms with Crippen LogP contribution in [0.2, 0.25) is 0 Å². The van der Waals surface area contributed by atoms with Gasteiger partial charge in [0.25, 0.3) is 0 Å². The molecule has 4 rings (SSSR count). The molecule has 1 amide bonds. The Bertz CT molecular complexity index is 761. The van der Waals surface area contributed by atoms with Crippen LogP contribution in [-0.2, 0) is 25.5 Å². The van der Waals surface area contributed by atoms with E-state index < -0.39 is 12.1 Å². The lowest BCUT2D eigenvalue weighted by atomic mass is 9.88. The predicted octanol–water partition coefficient (Wildman–Crippen LogP) is 2.34. The number of hydrogen-bond donors (Lipinski definition) is 1. The number of aliphatic carboxylic acids is 1. The molecule has 3 saturated heterocycles. The number of carboxylic acid groups (broad SMARTS) is 1. The van der Waals surface area contributed by atoms with Crippen molar-refractivity contribution in [3.8, 4) is 0 Å². The maximum absolute atomic E-state index is 12.7. The summed E-state index contributed by atoms with van der Waals surface area (Å²) >= 11 is 0. The molecule has 0 saturated carbocycles. The van der Waals surface area contributed by atoms with Gasteiger partial charge in [-0.15, -0.1) is 0 Å². The second kappa shape index (κ2) is 10.6. The molecule has 1 spiro atoms. The number of likely N-dealkylation sites (tertiary alicyclic amines) is 1. The molecule has 178 valence electrons. The number of carbonyl (C=O) groups excluding carboxylic acids is 1. The van der Waals surface area contributed by atoms with E-state index in [1.54, 1.807) is 0 Å². The number of halogens is 3. The Balaban J connectivity index is 0.000000360. The fourth-order valence-corrected chi connectivity index (χ4v) is 4.35. The molecule has 1 N–H and O–H groups in total. The smallest absolute Gasteiger partial charge is 0.475 e. The number of alkyl halides is 3. The van der Waals surface area contributed by atoms with E-state index in [-0.39, 0.29) is 11.5 Å². The number of benzene rings is 1. The minimum atomic E-state index is -5.08. The molecule has 0 aliphatic carbocycles. The van der Waals surface area contributed by atoms with Crippen LogP contribution in [0.5, 0.6) is 0 Å². The molecule has 7 nitrogen and oxygen atoms in total. The van der Waals surface area contributed by atoms with Crippen molar-refractivity contribution in [2.75, 3.05) is 46.0 Å². The second-order valence-electron chi connectivity index (χ2n) is 8.37. The molecule has 1 aromatic rings. The maximum atomic E-state index is 12.7. The highest BCUT2D eigenvalue weighted by atomic mass is 19.4. The van der Waals surface area contributed by atoms with Gasteiger partial charge in [0.1, 0.15) is 0 Å². The summed E-state index contributed by atoms with van der Waals surface area (Å²) in [5.74, 6) is -2.53. The summed E-state index contributed by atoms with van der Waals surface area (Å²) in [6, 6.07) is 10.6. The topological polar surface area (TPSA) is 79.3 Å². The molecule has 32 heavy (non-hydrogen) atoms. The van der Waals surface area contributed by atoms with Gasteiger partial charge < -0.3 is 19.5 Å². The van der Waals surface area contributed by atoms with E-state index in [0.29, 0.717) is 25.6 Å². The number of carbonyl (C=O) groups is 2. The van der Waals surface area contributed by atoms with Crippen LogP contribution in [-0.4, -0.2) is 90.6 Å². The van der Waals surface area contributed by atoms with Crippen LogP contribution in [0.1, 0.15) is 24.8 Å². The number of hydrogen-bond acceptors (Lipinski definition) is 5. The normalized spacial score (nSPS) is 23.5. The molecule has 0 bridgehead atoms. The molecule has 10 heteroatoms. The number of amides is 1. The zero-order valence-electron chi connectivity index (χ0n) is 17.9. The number of carboxylic acids is 1. The molecule has 1 atom stereocenters. The third kappa shape index (κ3) is 6.66. The molecule has 1 unspecified atom stereocenters. The van der Waals surface area contributed by atoms with E-state index in [1.807, 2.05) is 35.2 Å². The number of nitrogens with zero attached hydrogens (tertiary/aromatic N) is 2. The Morgan fingerprint density at radius 3 is 2.31 bits per heavy atom. The summed E-state index contributed by atoms with van der Waals surface area (Å²) in [5, 5.41) is 7.12. The van der Waals surface area contributed by atoms with Crippen molar-refractivity contribution in [2.45, 2.75) is 43.5 Å². The summed E-state index contributed by atoms with van der Waals surface area (Å²) in [7, 11) is 0. The van der Waals surface area contributed by atoms with Gasteiger partial charge in [0.05, 0.1) is 25.2 Å². The molecule has 3 aliphatic heterocycles. The van der Waals surface area contributed by atoms with Gasteiger partial charge in [0, 0.05) is 38.8 Å². The van der Waals surface area contributed by atoms with Gasteiger partial charge in [-0.2, -0.15) is 13.2 Å². The van der Waals surface area contributed by atoms with Crippen molar-refractivity contribution in [2.24, 2.45) is 0 Å². The van der Waals surface area contributed by atoms with Crippen LogP contribution in [0.3, 0.4) is 0 Å². The Morgan fingerprint density at radius 2 is 1.75 bits per heavy atom. The lowest BCUT2D eigenvalue weighted by Gasteiger charge is -2.48. The maximum Gasteiger partial charge on any atom is 0.490 e. The van der Waals surface area contributed by atoms with Gasteiger partial charge in [-0.1, -0.05) is 30.3 Å². The van der Waals surface area contributed by atoms with Crippen molar-refractivity contribution >= 4 is 11.9 Å². The Labute approximate surface area is 185 Å². The van der Waals surface area contributed by atoms with Crippen molar-refractivity contribution in [1.82, 2.24) is 9.80 Å². The minimum Gasteiger partial charge on any atom is -0.475 e. The minimum absolute atomic E-state index is 0.138. The molecule has 3 heterocycles. The highest BCUT2D eigenvalue weighted by Gasteiger charge is 2.42. The van der Waals surface area contributed by atoms with Crippen LogP contribution >= 0.6 is 0 Å². The van der Waals surface area contributed by atoms with Crippen molar-refractivity contribution < 1.29 is 37.3 Å². The first-order chi connectivity index (χ1) is 15.2. The van der Waals surface area contributed by atoms with Gasteiger partial charge in [-0.05, 0) is 24.8 Å². The van der Waals surface area contributed by atoms with Gasteiger partial charge >= 0.3 is 12.1 Å². The Morgan fingerprint density at radius 1 is 1.09 bits per heavy atom. The molecule has 3 fully saturated rings. The molecule has 3 aliphatic rings. The van der Waals surface area contributed by atoms with Crippen LogP contribution in [0, 0.1) is 0 Å². The van der Waals surface area contributed by atoms with Crippen LogP contribution in [0.15, 0.2) is 30.3 Å². The second-order valence-corrected chi connectivity index (χ2v) is 8.37. The molecule has 1 aromatic carbocycles. The predicted molar refractivity (Wildman–Crippen MR) is 109 cm³/mol. The first kappa shape index (κ1) is 24.5. The van der Waals surface area contributed by atoms with E-state index in [1.165, 1.54) is 0 Å². The number of ether oxygens (including phenoxy) is 2. The first-order valence-corrected chi connectivity index (χ1v) is 10.8. The van der Waals surface area contributed by atoms with Crippen molar-refractivity contribution in [1.29, 1.82) is 0 Å². The third-order valence-electron chi connectivity index (χ3n) is 6.17. The van der Waals surface area contributed by atoms with E-state index in [2.05, 4.69) is 4.90 Å². The summed E-state index contributed by atoms with van der Waals surface area (Å²) in [6.45, 7) is 5.98. The van der Waals surface area contributed by atoms with Crippen molar-refractivity contribution in [3.05, 3.63) is 35.9 Å². The van der Waals surface area contributed by atoms with Crippen LogP contribution < -0.4 is 0 Å². The van der Waals surface area contributed by atoms with Crippen molar-refractivity contribution in [3.63, 3.8) is 0 Å². The Kier molecular flexibility index (Phi) is 8.13. The zero-order valence-corrected chi connectivity index (χ0v) is 17.9. The summed E-state index contributed by atoms with van der Waals surface area (Å²) in [5.41, 5.74) is 0.949. The fraction of sp³-hybridized carbons (Fsp3) is 0.636. The fourth-order valence-electron chi connectivity index (χ4n) is 4.35. The number of morpholine rings is 1. The highest BCUT2D eigenvalue weighted by molar-refractivity contribution is 5.79. The summed E-state index contributed by atoms with van der Waals surface area (Å²) in [4.78, 5) is 26.2. The van der Waals surface area contributed by atoms with E-state index in [4.69, 9.17) is 19.4 Å². The standard InChI is InChI=1S/C20H28N2O3.C2HF3O2/c23-19(14-17-4-2-1-3-5-17)22-11-13-25-20(16-22)7-9-21(10-8-20)18-6-12-24-15-18;3-2(4,5)1(6)7/h1-5,18H,6-16H2;(H,6,7).